The van der Waals surface area contributed by atoms with Gasteiger partial charge in [0.05, 0.1) is 30.4 Å². The van der Waals surface area contributed by atoms with Crippen molar-refractivity contribution in [2.45, 2.75) is 19.4 Å². The molecule has 0 fully saturated rings. The molecule has 0 saturated carbocycles. The molecule has 2 aromatic carbocycles. The van der Waals surface area contributed by atoms with Crippen LogP contribution >= 0.6 is 0 Å². The van der Waals surface area contributed by atoms with Crippen LogP contribution in [0.2, 0.25) is 0 Å². The van der Waals surface area contributed by atoms with Crippen LogP contribution in [0.3, 0.4) is 0 Å². The van der Waals surface area contributed by atoms with E-state index < -0.39 is 0 Å². The fourth-order valence-electron chi connectivity index (χ4n) is 3.78. The van der Waals surface area contributed by atoms with Crippen molar-refractivity contribution in [2.75, 3.05) is 17.7 Å². The van der Waals surface area contributed by atoms with Crippen molar-refractivity contribution in [3.8, 4) is 5.75 Å². The Morgan fingerprint density at radius 2 is 1.76 bits per heavy atom. The lowest BCUT2D eigenvalue weighted by Crippen LogP contribution is -2.33. The molecule has 0 saturated heterocycles. The van der Waals surface area contributed by atoms with Crippen LogP contribution in [0.4, 0.5) is 11.4 Å². The molecule has 0 radical (unpaired) electrons. The number of hydrogen-bond acceptors (Lipinski definition) is 4. The smallest absolute Gasteiger partial charge is 0.144 e. The van der Waals surface area contributed by atoms with E-state index in [-0.39, 0.29) is 23.7 Å². The van der Waals surface area contributed by atoms with Crippen LogP contribution < -0.4 is 15.4 Å². The molecule has 3 atom stereocenters. The zero-order chi connectivity index (χ0) is 17.4. The molecule has 1 aliphatic carbocycles. The number of para-hydroxylation sites is 2. The zero-order valence-corrected chi connectivity index (χ0v) is 14.5. The van der Waals surface area contributed by atoms with Crippen molar-refractivity contribution >= 4 is 17.2 Å². The number of rotatable bonds is 2. The van der Waals surface area contributed by atoms with Crippen molar-refractivity contribution in [1.29, 1.82) is 0 Å². The molecule has 128 valence electrons. The summed E-state index contributed by atoms with van der Waals surface area (Å²) in [6.45, 7) is 2.09. The van der Waals surface area contributed by atoms with E-state index in [1.165, 1.54) is 0 Å². The highest BCUT2D eigenvalue weighted by atomic mass is 16.5. The summed E-state index contributed by atoms with van der Waals surface area (Å²) in [6.07, 6.45) is 2.78. The van der Waals surface area contributed by atoms with Crippen LogP contribution in [0.1, 0.15) is 24.9 Å². The van der Waals surface area contributed by atoms with Gasteiger partial charge in [0, 0.05) is 12.1 Å². The van der Waals surface area contributed by atoms with E-state index in [4.69, 9.17) is 4.74 Å². The van der Waals surface area contributed by atoms with E-state index in [2.05, 4.69) is 23.6 Å². The Hall–Kier alpha value is -2.75. The van der Waals surface area contributed by atoms with Crippen molar-refractivity contribution in [1.82, 2.24) is 0 Å². The topological polar surface area (TPSA) is 50.4 Å². The molecule has 2 N–H and O–H groups in total. The number of methoxy groups -OCH3 is 1. The van der Waals surface area contributed by atoms with Crippen LogP contribution in [0.15, 0.2) is 60.3 Å². The average molecular weight is 334 g/mol. The second kappa shape index (κ2) is 6.28. The Bertz CT molecular complexity index is 826. The Morgan fingerprint density at radius 1 is 1.04 bits per heavy atom. The van der Waals surface area contributed by atoms with E-state index in [0.29, 0.717) is 6.42 Å². The summed E-state index contributed by atoms with van der Waals surface area (Å²) in [4.78, 5) is 12.9. The summed E-state index contributed by atoms with van der Waals surface area (Å²) in [5, 5.41) is 7.09. The third-order valence-electron chi connectivity index (χ3n) is 4.99. The molecule has 0 unspecified atom stereocenters. The van der Waals surface area contributed by atoms with Gasteiger partial charge in [-0.1, -0.05) is 37.3 Å². The Balaban J connectivity index is 1.82. The molecule has 0 spiro atoms. The molecule has 4 heteroatoms. The van der Waals surface area contributed by atoms with E-state index >= 15 is 0 Å². The molecule has 2 aliphatic rings. The van der Waals surface area contributed by atoms with Crippen LogP contribution in [-0.4, -0.2) is 12.9 Å². The lowest BCUT2D eigenvalue weighted by molar-refractivity contribution is -0.123. The van der Waals surface area contributed by atoms with Gasteiger partial charge in [0.25, 0.3) is 0 Å². The van der Waals surface area contributed by atoms with Crippen molar-refractivity contribution in [3.05, 3.63) is 65.9 Å². The molecule has 1 heterocycles. The number of benzene rings is 2. The third kappa shape index (κ3) is 2.88. The molecule has 25 heavy (non-hydrogen) atoms. The van der Waals surface area contributed by atoms with E-state index in [9.17, 15) is 4.79 Å². The number of Topliss-reactive ketones (excluding diaryl/α,β-unsaturated/α-hetero) is 1. The second-order valence-corrected chi connectivity index (χ2v) is 6.81. The van der Waals surface area contributed by atoms with Gasteiger partial charge in [0.1, 0.15) is 11.5 Å². The van der Waals surface area contributed by atoms with E-state index in [1.54, 1.807) is 7.11 Å². The number of ether oxygens (including phenoxy) is 1. The molecule has 0 amide bonds. The number of carbonyl (C=O) groups excluding carboxylic acids is 1. The van der Waals surface area contributed by atoms with E-state index in [0.717, 1.165) is 28.4 Å². The number of nitrogens with one attached hydrogen (secondary N) is 2. The van der Waals surface area contributed by atoms with Gasteiger partial charge in [-0.25, -0.2) is 0 Å². The first-order chi connectivity index (χ1) is 12.2. The molecule has 0 aromatic heterocycles. The molecular formula is C21H22N2O2. The minimum atomic E-state index is -0.211. The highest BCUT2D eigenvalue weighted by molar-refractivity contribution is 5.89. The van der Waals surface area contributed by atoms with Crippen LogP contribution in [0.25, 0.3) is 0 Å². The minimum absolute atomic E-state index is 0.103. The van der Waals surface area contributed by atoms with Gasteiger partial charge in [0.15, 0.2) is 0 Å². The maximum Gasteiger partial charge on any atom is 0.144 e. The van der Waals surface area contributed by atoms with Crippen molar-refractivity contribution < 1.29 is 9.53 Å². The van der Waals surface area contributed by atoms with Gasteiger partial charge in [-0.15, -0.1) is 0 Å². The first kappa shape index (κ1) is 15.8. The lowest BCUT2D eigenvalue weighted by Gasteiger charge is -2.31. The number of anilines is 2. The third-order valence-corrected chi connectivity index (χ3v) is 4.99. The van der Waals surface area contributed by atoms with Crippen molar-refractivity contribution in [2.24, 2.45) is 11.8 Å². The number of fused-ring (bicyclic) bond motifs is 2. The highest BCUT2D eigenvalue weighted by Gasteiger charge is 2.38. The number of carbonyl (C=O) groups is 1. The maximum atomic E-state index is 12.9. The summed E-state index contributed by atoms with van der Waals surface area (Å²) in [5.41, 5.74) is 4.11. The SMILES string of the molecule is COc1ccc([C@H]2Nc3ccccc3NC3=C[C@H](C)CC(=O)[C@@H]32)cc1. The molecule has 4 rings (SSSR count). The number of allylic oxidation sites excluding steroid dienone is 1. The Labute approximate surface area is 147 Å². The van der Waals surface area contributed by atoms with Gasteiger partial charge in [-0.3, -0.25) is 4.79 Å². The predicted octanol–water partition coefficient (Wildman–Crippen LogP) is 4.38. The lowest BCUT2D eigenvalue weighted by atomic mass is 9.79. The summed E-state index contributed by atoms with van der Waals surface area (Å²) in [6, 6.07) is 16.0. The van der Waals surface area contributed by atoms with Crippen LogP contribution in [-0.2, 0) is 4.79 Å². The molecular weight excluding hydrogens is 312 g/mol. The average Bonchev–Trinajstić information content (AvgIpc) is 2.78. The summed E-state index contributed by atoms with van der Waals surface area (Å²) >= 11 is 0. The van der Waals surface area contributed by atoms with E-state index in [1.807, 2.05) is 48.5 Å². The molecule has 2 aromatic rings. The fourth-order valence-corrected chi connectivity index (χ4v) is 3.78. The van der Waals surface area contributed by atoms with Gasteiger partial charge in [0.2, 0.25) is 0 Å². The van der Waals surface area contributed by atoms with Crippen LogP contribution in [0.5, 0.6) is 5.75 Å². The van der Waals surface area contributed by atoms with Gasteiger partial charge in [-0.2, -0.15) is 0 Å². The minimum Gasteiger partial charge on any atom is -0.497 e. The molecule has 4 nitrogen and oxygen atoms in total. The quantitative estimate of drug-likeness (QED) is 0.855. The van der Waals surface area contributed by atoms with Crippen molar-refractivity contribution in [3.63, 3.8) is 0 Å². The highest BCUT2D eigenvalue weighted by Crippen LogP contribution is 2.42. The number of ketones is 1. The first-order valence-corrected chi connectivity index (χ1v) is 8.66. The predicted molar refractivity (Wildman–Crippen MR) is 99.8 cm³/mol. The summed E-state index contributed by atoms with van der Waals surface area (Å²) in [5.74, 6) is 1.14. The Kier molecular flexibility index (Phi) is 3.96. The Morgan fingerprint density at radius 3 is 2.48 bits per heavy atom. The van der Waals surface area contributed by atoms with Gasteiger partial charge >= 0.3 is 0 Å². The maximum absolute atomic E-state index is 12.9. The second-order valence-electron chi connectivity index (χ2n) is 6.81. The normalized spacial score (nSPS) is 24.8. The largest absolute Gasteiger partial charge is 0.497 e. The molecule has 1 aliphatic heterocycles. The zero-order valence-electron chi connectivity index (χ0n) is 14.5. The fraction of sp³-hybridized carbons (Fsp3) is 0.286. The first-order valence-electron chi connectivity index (χ1n) is 8.66. The summed E-state index contributed by atoms with van der Waals surface area (Å²) < 4.78 is 5.27. The van der Waals surface area contributed by atoms with Gasteiger partial charge in [-0.05, 0) is 35.7 Å². The number of hydrogen-bond donors (Lipinski definition) is 2. The monoisotopic (exact) mass is 334 g/mol. The van der Waals surface area contributed by atoms with Gasteiger partial charge < -0.3 is 15.4 Å². The standard InChI is InChI=1S/C21H22N2O2/c1-13-11-18-20(19(24)12-13)21(14-7-9-15(25-2)10-8-14)23-17-6-4-3-5-16(17)22-18/h3-11,13,20-23H,12H2,1-2H3/t13-,20+,21+/m0/s1. The van der Waals surface area contributed by atoms with Crippen LogP contribution in [0, 0.1) is 11.8 Å². The molecule has 0 bridgehead atoms. The summed E-state index contributed by atoms with van der Waals surface area (Å²) in [7, 11) is 1.66.